The Hall–Kier alpha value is -3.26. The van der Waals surface area contributed by atoms with Gasteiger partial charge in [0.1, 0.15) is 5.82 Å². The molecule has 3 heterocycles. The number of hydrogen-bond acceptors (Lipinski definition) is 3. The highest BCUT2D eigenvalue weighted by atomic mass is 32.1. The zero-order valence-corrected chi connectivity index (χ0v) is 20.4. The maximum atomic E-state index is 14.0. The van der Waals surface area contributed by atoms with Crippen molar-refractivity contribution in [3.63, 3.8) is 0 Å². The number of amides is 1. The second-order valence-corrected chi connectivity index (χ2v) is 9.67. The molecular formula is C27H30FN5OS. The summed E-state index contributed by atoms with van der Waals surface area (Å²) >= 11 is 5.72. The smallest absolute Gasteiger partial charge is 0.226 e. The fourth-order valence-corrected chi connectivity index (χ4v) is 5.55. The van der Waals surface area contributed by atoms with Gasteiger partial charge >= 0.3 is 0 Å². The lowest BCUT2D eigenvalue weighted by atomic mass is 9.95. The minimum Gasteiger partial charge on any atom is -0.352 e. The Labute approximate surface area is 210 Å². The van der Waals surface area contributed by atoms with E-state index < -0.39 is 5.82 Å². The number of nitrogens with one attached hydrogen (secondary N) is 2. The van der Waals surface area contributed by atoms with Crippen LogP contribution >= 0.6 is 12.2 Å². The molecule has 6 nitrogen and oxygen atoms in total. The van der Waals surface area contributed by atoms with Gasteiger partial charge in [-0.3, -0.25) is 9.78 Å². The summed E-state index contributed by atoms with van der Waals surface area (Å²) in [6.45, 7) is 0.411. The molecule has 1 amide bonds. The first kappa shape index (κ1) is 23.5. The number of carbonyl (C=O) groups excluding carboxylic acids is 1. The first-order valence-corrected chi connectivity index (χ1v) is 12.7. The number of thiocarbonyl (C=S) groups is 1. The average Bonchev–Trinajstić information content (AvgIpc) is 3.50. The molecule has 3 aromatic rings. The predicted octanol–water partition coefficient (Wildman–Crippen LogP) is 5.53. The number of carbonyl (C=O) groups is 1. The number of aromatic nitrogens is 2. The number of para-hydroxylation sites is 1. The van der Waals surface area contributed by atoms with Gasteiger partial charge in [-0.05, 0) is 61.0 Å². The van der Waals surface area contributed by atoms with Gasteiger partial charge in [-0.1, -0.05) is 37.5 Å². The largest absolute Gasteiger partial charge is 0.352 e. The summed E-state index contributed by atoms with van der Waals surface area (Å²) in [4.78, 5) is 19.3. The molecule has 0 spiro atoms. The molecule has 1 aliphatic carbocycles. The van der Waals surface area contributed by atoms with Gasteiger partial charge in [0, 0.05) is 37.6 Å². The monoisotopic (exact) mass is 491 g/mol. The first-order valence-electron chi connectivity index (χ1n) is 12.3. The summed E-state index contributed by atoms with van der Waals surface area (Å²) in [5.41, 5.74) is 2.24. The van der Waals surface area contributed by atoms with Crippen molar-refractivity contribution in [3.05, 3.63) is 84.2 Å². The quantitative estimate of drug-likeness (QED) is 0.426. The van der Waals surface area contributed by atoms with Gasteiger partial charge in [0.05, 0.1) is 23.5 Å². The van der Waals surface area contributed by atoms with Gasteiger partial charge in [-0.25, -0.2) is 4.39 Å². The highest BCUT2D eigenvalue weighted by molar-refractivity contribution is 7.80. The second kappa shape index (κ2) is 10.6. The van der Waals surface area contributed by atoms with Gasteiger partial charge in [-0.15, -0.1) is 0 Å². The van der Waals surface area contributed by atoms with Crippen LogP contribution in [0.1, 0.15) is 67.9 Å². The number of anilines is 1. The number of rotatable bonds is 7. The van der Waals surface area contributed by atoms with Crippen LogP contribution < -0.4 is 10.6 Å². The molecule has 8 heteroatoms. The van der Waals surface area contributed by atoms with Crippen LogP contribution in [0.2, 0.25) is 0 Å². The highest BCUT2D eigenvalue weighted by Gasteiger charge is 2.40. The summed E-state index contributed by atoms with van der Waals surface area (Å²) in [5.74, 6) is -0.700. The molecule has 35 heavy (non-hydrogen) atoms. The molecule has 182 valence electrons. The Balaban J connectivity index is 1.36. The van der Waals surface area contributed by atoms with Crippen molar-refractivity contribution in [1.29, 1.82) is 0 Å². The second-order valence-electron chi connectivity index (χ2n) is 9.28. The third-order valence-corrected chi connectivity index (χ3v) is 7.35. The van der Waals surface area contributed by atoms with E-state index in [4.69, 9.17) is 12.2 Å². The lowest BCUT2D eigenvalue weighted by molar-refractivity contribution is -0.116. The maximum Gasteiger partial charge on any atom is 0.226 e. The van der Waals surface area contributed by atoms with Crippen LogP contribution in [0, 0.1) is 5.82 Å². The van der Waals surface area contributed by atoms with Crippen LogP contribution in [0.25, 0.3) is 0 Å². The normalized spacial score (nSPS) is 20.6. The molecule has 2 atom stereocenters. The van der Waals surface area contributed by atoms with Gasteiger partial charge in [0.15, 0.2) is 5.11 Å². The number of benzene rings is 1. The first-order chi connectivity index (χ1) is 17.1. The summed E-state index contributed by atoms with van der Waals surface area (Å²) in [5, 5.41) is 6.70. The topological polar surface area (TPSA) is 62.2 Å². The van der Waals surface area contributed by atoms with Crippen molar-refractivity contribution in [3.8, 4) is 0 Å². The zero-order valence-electron chi connectivity index (χ0n) is 19.6. The molecule has 0 bridgehead atoms. The lowest BCUT2D eigenvalue weighted by Crippen LogP contribution is -2.32. The van der Waals surface area contributed by atoms with Crippen LogP contribution in [-0.4, -0.2) is 32.0 Å². The van der Waals surface area contributed by atoms with Gasteiger partial charge < -0.3 is 20.1 Å². The van der Waals surface area contributed by atoms with E-state index in [-0.39, 0.29) is 30.1 Å². The van der Waals surface area contributed by atoms with Crippen LogP contribution in [0.3, 0.4) is 0 Å². The maximum absolute atomic E-state index is 14.0. The zero-order chi connectivity index (χ0) is 24.2. The molecular weight excluding hydrogens is 461 g/mol. The Bertz CT molecular complexity index is 1180. The van der Waals surface area contributed by atoms with E-state index in [2.05, 4.69) is 43.5 Å². The number of halogens is 1. The molecule has 0 unspecified atom stereocenters. The average molecular weight is 492 g/mol. The van der Waals surface area contributed by atoms with Crippen molar-refractivity contribution in [2.45, 2.75) is 56.7 Å². The Morgan fingerprint density at radius 2 is 1.91 bits per heavy atom. The van der Waals surface area contributed by atoms with Crippen LogP contribution in [0.5, 0.6) is 0 Å². The molecule has 2 aromatic heterocycles. The SMILES string of the molecule is O=C(CCN1C(=S)N[C@H](c2ccccn2)[C@H]1c1ccn(C2CCCCC2)c1)Nc1ccccc1F. The fraction of sp³-hybridized carbons (Fsp3) is 0.370. The highest BCUT2D eigenvalue weighted by Crippen LogP contribution is 2.39. The van der Waals surface area contributed by atoms with Crippen LogP contribution in [-0.2, 0) is 4.79 Å². The predicted molar refractivity (Wildman–Crippen MR) is 138 cm³/mol. The molecule has 2 fully saturated rings. The van der Waals surface area contributed by atoms with Crippen LogP contribution in [0.15, 0.2) is 67.1 Å². The van der Waals surface area contributed by atoms with Crippen molar-refractivity contribution in [2.24, 2.45) is 0 Å². The third kappa shape index (κ3) is 5.22. The summed E-state index contributed by atoms with van der Waals surface area (Å²) in [6.07, 6.45) is 12.7. The summed E-state index contributed by atoms with van der Waals surface area (Å²) in [6, 6.07) is 14.5. The molecule has 1 aliphatic heterocycles. The lowest BCUT2D eigenvalue weighted by Gasteiger charge is -2.27. The van der Waals surface area contributed by atoms with Crippen molar-refractivity contribution in [2.75, 3.05) is 11.9 Å². The van der Waals surface area contributed by atoms with E-state index in [1.165, 1.54) is 38.2 Å². The molecule has 5 rings (SSSR count). The number of hydrogen-bond donors (Lipinski definition) is 2. The molecule has 0 radical (unpaired) electrons. The summed E-state index contributed by atoms with van der Waals surface area (Å²) in [7, 11) is 0. The van der Waals surface area contributed by atoms with E-state index in [1.807, 2.05) is 18.2 Å². The number of pyridine rings is 1. The van der Waals surface area contributed by atoms with Gasteiger partial charge in [0.25, 0.3) is 0 Å². The fourth-order valence-electron chi connectivity index (χ4n) is 5.22. The standard InChI is InChI=1S/C27H30FN5OS/c28-21-10-4-5-11-22(21)30-24(34)14-17-33-26(25(31-27(33)35)23-12-6-7-15-29-23)19-13-16-32(18-19)20-8-2-1-3-9-20/h4-7,10-13,15-16,18,20,25-26H,1-3,8-9,14,17H2,(H,30,34)(H,31,35)/t25-,26-/m1/s1. The Morgan fingerprint density at radius 1 is 1.11 bits per heavy atom. The van der Waals surface area contributed by atoms with E-state index in [0.717, 1.165) is 11.3 Å². The molecule has 2 N–H and O–H groups in total. The Morgan fingerprint density at radius 3 is 2.69 bits per heavy atom. The van der Waals surface area contributed by atoms with Crippen LogP contribution in [0.4, 0.5) is 10.1 Å². The molecule has 1 aromatic carbocycles. The van der Waals surface area contributed by atoms with E-state index in [1.54, 1.807) is 24.4 Å². The van der Waals surface area contributed by atoms with E-state index in [0.29, 0.717) is 17.7 Å². The van der Waals surface area contributed by atoms with Gasteiger partial charge in [-0.2, -0.15) is 0 Å². The molecule has 1 saturated heterocycles. The van der Waals surface area contributed by atoms with Crippen molar-refractivity contribution in [1.82, 2.24) is 19.8 Å². The third-order valence-electron chi connectivity index (χ3n) is 7.00. The molecule has 2 aliphatic rings. The minimum absolute atomic E-state index is 0.0940. The minimum atomic E-state index is -0.448. The van der Waals surface area contributed by atoms with Gasteiger partial charge in [0.2, 0.25) is 5.91 Å². The number of nitrogens with zero attached hydrogens (tertiary/aromatic N) is 3. The summed E-state index contributed by atoms with van der Waals surface area (Å²) < 4.78 is 16.3. The van der Waals surface area contributed by atoms with E-state index >= 15 is 0 Å². The molecule has 1 saturated carbocycles. The van der Waals surface area contributed by atoms with E-state index in [9.17, 15) is 9.18 Å². The van der Waals surface area contributed by atoms with Crippen molar-refractivity contribution < 1.29 is 9.18 Å². The Kier molecular flexibility index (Phi) is 7.08. The van der Waals surface area contributed by atoms with Crippen molar-refractivity contribution >= 4 is 28.9 Å².